The third-order valence-electron chi connectivity index (χ3n) is 2.02. The van der Waals surface area contributed by atoms with Gasteiger partial charge in [-0.15, -0.1) is 0 Å². The zero-order valence-corrected chi connectivity index (χ0v) is 8.84. The summed E-state index contributed by atoms with van der Waals surface area (Å²) in [4.78, 5) is 0. The third kappa shape index (κ3) is 4.07. The Hall–Kier alpha value is -0.120. The minimum atomic E-state index is -0.0559. The third-order valence-corrected chi connectivity index (χ3v) is 2.02. The van der Waals surface area contributed by atoms with Gasteiger partial charge in [-0.1, -0.05) is 13.8 Å². The number of ether oxygens (including phenoxy) is 3. The SMILES string of the molecule is CCOCCC1OCC(C)(C)CO1. The van der Waals surface area contributed by atoms with E-state index in [4.69, 9.17) is 14.2 Å². The average Bonchev–Trinajstić information content (AvgIpc) is 2.08. The Morgan fingerprint density at radius 3 is 2.46 bits per heavy atom. The summed E-state index contributed by atoms with van der Waals surface area (Å²) in [5.41, 5.74) is 0.169. The summed E-state index contributed by atoms with van der Waals surface area (Å²) in [6, 6.07) is 0. The molecule has 0 aromatic carbocycles. The predicted molar refractivity (Wildman–Crippen MR) is 50.6 cm³/mol. The minimum absolute atomic E-state index is 0.0559. The second-order valence-corrected chi connectivity index (χ2v) is 4.20. The van der Waals surface area contributed by atoms with Gasteiger partial charge >= 0.3 is 0 Å². The molecule has 0 unspecified atom stereocenters. The summed E-state index contributed by atoms with van der Waals surface area (Å²) in [6.07, 6.45) is 0.781. The molecule has 1 rings (SSSR count). The number of hydrogen-bond donors (Lipinski definition) is 0. The molecule has 0 spiro atoms. The molecule has 3 nitrogen and oxygen atoms in total. The maximum absolute atomic E-state index is 5.54. The van der Waals surface area contributed by atoms with Crippen LogP contribution in [0.3, 0.4) is 0 Å². The normalized spacial score (nSPS) is 23.3. The van der Waals surface area contributed by atoms with Crippen molar-refractivity contribution in [1.82, 2.24) is 0 Å². The fraction of sp³-hybridized carbons (Fsp3) is 1.00. The maximum Gasteiger partial charge on any atom is 0.159 e. The van der Waals surface area contributed by atoms with Gasteiger partial charge in [0, 0.05) is 18.4 Å². The van der Waals surface area contributed by atoms with Gasteiger partial charge in [0.25, 0.3) is 0 Å². The van der Waals surface area contributed by atoms with E-state index in [9.17, 15) is 0 Å². The van der Waals surface area contributed by atoms with Crippen LogP contribution in [0, 0.1) is 5.41 Å². The fourth-order valence-electron chi connectivity index (χ4n) is 1.22. The second-order valence-electron chi connectivity index (χ2n) is 4.20. The van der Waals surface area contributed by atoms with Gasteiger partial charge in [-0.25, -0.2) is 0 Å². The van der Waals surface area contributed by atoms with Crippen molar-refractivity contribution in [3.05, 3.63) is 0 Å². The molecule has 0 saturated carbocycles. The van der Waals surface area contributed by atoms with Gasteiger partial charge in [0.15, 0.2) is 6.29 Å². The first kappa shape index (κ1) is 11.0. The Balaban J connectivity index is 2.11. The summed E-state index contributed by atoms with van der Waals surface area (Å²) in [7, 11) is 0. The van der Waals surface area contributed by atoms with Gasteiger partial charge in [-0.3, -0.25) is 0 Å². The van der Waals surface area contributed by atoms with Crippen molar-refractivity contribution in [2.24, 2.45) is 5.41 Å². The van der Waals surface area contributed by atoms with Crippen molar-refractivity contribution in [3.8, 4) is 0 Å². The monoisotopic (exact) mass is 188 g/mol. The molecule has 0 aromatic rings. The summed E-state index contributed by atoms with van der Waals surface area (Å²) in [5.74, 6) is 0. The smallest absolute Gasteiger partial charge is 0.159 e. The van der Waals surface area contributed by atoms with Crippen LogP contribution in [-0.2, 0) is 14.2 Å². The van der Waals surface area contributed by atoms with E-state index in [-0.39, 0.29) is 11.7 Å². The topological polar surface area (TPSA) is 27.7 Å². The Morgan fingerprint density at radius 2 is 1.92 bits per heavy atom. The zero-order valence-electron chi connectivity index (χ0n) is 8.84. The molecule has 0 atom stereocenters. The van der Waals surface area contributed by atoms with Crippen molar-refractivity contribution < 1.29 is 14.2 Å². The highest BCUT2D eigenvalue weighted by Gasteiger charge is 2.27. The summed E-state index contributed by atoms with van der Waals surface area (Å²) >= 11 is 0. The molecule has 1 fully saturated rings. The van der Waals surface area contributed by atoms with E-state index < -0.39 is 0 Å². The summed E-state index contributed by atoms with van der Waals surface area (Å²) < 4.78 is 16.3. The molecular weight excluding hydrogens is 168 g/mol. The van der Waals surface area contributed by atoms with Gasteiger partial charge in [0.2, 0.25) is 0 Å². The maximum atomic E-state index is 5.54. The Bertz CT molecular complexity index is 135. The van der Waals surface area contributed by atoms with Crippen molar-refractivity contribution in [2.75, 3.05) is 26.4 Å². The first-order chi connectivity index (χ1) is 6.14. The van der Waals surface area contributed by atoms with E-state index in [1.165, 1.54) is 0 Å². The highest BCUT2D eigenvalue weighted by atomic mass is 16.7. The van der Waals surface area contributed by atoms with E-state index in [2.05, 4.69) is 13.8 Å². The lowest BCUT2D eigenvalue weighted by atomic mass is 9.95. The molecule has 78 valence electrons. The molecule has 0 aliphatic carbocycles. The van der Waals surface area contributed by atoms with Crippen LogP contribution in [0.2, 0.25) is 0 Å². The van der Waals surface area contributed by atoms with Crippen LogP contribution in [0.15, 0.2) is 0 Å². The quantitative estimate of drug-likeness (QED) is 0.630. The summed E-state index contributed by atoms with van der Waals surface area (Å²) in [5, 5.41) is 0. The van der Waals surface area contributed by atoms with Gasteiger partial charge < -0.3 is 14.2 Å². The van der Waals surface area contributed by atoms with Gasteiger partial charge in [0.1, 0.15) is 0 Å². The minimum Gasteiger partial charge on any atom is -0.382 e. The van der Waals surface area contributed by atoms with Crippen molar-refractivity contribution in [1.29, 1.82) is 0 Å². The standard InChI is InChI=1S/C10H20O3/c1-4-11-6-5-9-12-7-10(2,3)8-13-9/h9H,4-8H2,1-3H3. The zero-order chi connectivity index (χ0) is 9.73. The van der Waals surface area contributed by atoms with E-state index in [1.54, 1.807) is 0 Å². The van der Waals surface area contributed by atoms with E-state index in [0.29, 0.717) is 0 Å². The Morgan fingerprint density at radius 1 is 1.31 bits per heavy atom. The number of rotatable bonds is 4. The highest BCUT2D eigenvalue weighted by molar-refractivity contribution is 4.71. The highest BCUT2D eigenvalue weighted by Crippen LogP contribution is 2.23. The van der Waals surface area contributed by atoms with Crippen molar-refractivity contribution in [2.45, 2.75) is 33.5 Å². The lowest BCUT2D eigenvalue weighted by molar-refractivity contribution is -0.227. The average molecular weight is 188 g/mol. The molecular formula is C10H20O3. The molecule has 0 aromatic heterocycles. The summed E-state index contributed by atoms with van der Waals surface area (Å²) in [6.45, 7) is 9.33. The predicted octanol–water partition coefficient (Wildman–Crippen LogP) is 1.81. The van der Waals surface area contributed by atoms with Crippen molar-refractivity contribution in [3.63, 3.8) is 0 Å². The molecule has 1 saturated heterocycles. The molecule has 13 heavy (non-hydrogen) atoms. The van der Waals surface area contributed by atoms with Gasteiger partial charge in [0.05, 0.1) is 19.8 Å². The van der Waals surface area contributed by atoms with E-state index in [0.717, 1.165) is 32.8 Å². The molecule has 1 heterocycles. The van der Waals surface area contributed by atoms with Gasteiger partial charge in [-0.2, -0.15) is 0 Å². The molecule has 3 heteroatoms. The molecule has 0 N–H and O–H groups in total. The van der Waals surface area contributed by atoms with Gasteiger partial charge in [-0.05, 0) is 6.92 Å². The van der Waals surface area contributed by atoms with Crippen LogP contribution >= 0.6 is 0 Å². The first-order valence-electron chi connectivity index (χ1n) is 4.95. The second kappa shape index (κ2) is 4.94. The largest absolute Gasteiger partial charge is 0.382 e. The Kier molecular flexibility index (Phi) is 4.16. The van der Waals surface area contributed by atoms with Crippen LogP contribution in [-0.4, -0.2) is 32.7 Å². The molecule has 0 bridgehead atoms. The van der Waals surface area contributed by atoms with Crippen LogP contribution in [0.4, 0.5) is 0 Å². The fourth-order valence-corrected chi connectivity index (χ4v) is 1.22. The van der Waals surface area contributed by atoms with Crippen molar-refractivity contribution >= 4 is 0 Å². The molecule has 0 amide bonds. The van der Waals surface area contributed by atoms with Crippen LogP contribution in [0.25, 0.3) is 0 Å². The van der Waals surface area contributed by atoms with E-state index in [1.807, 2.05) is 6.92 Å². The number of hydrogen-bond acceptors (Lipinski definition) is 3. The lowest BCUT2D eigenvalue weighted by Gasteiger charge is -2.34. The molecule has 1 aliphatic rings. The lowest BCUT2D eigenvalue weighted by Crippen LogP contribution is -2.38. The Labute approximate surface area is 80.4 Å². The van der Waals surface area contributed by atoms with Crippen LogP contribution < -0.4 is 0 Å². The molecule has 0 radical (unpaired) electrons. The molecule has 1 aliphatic heterocycles. The first-order valence-corrected chi connectivity index (χ1v) is 4.95. The van der Waals surface area contributed by atoms with Crippen LogP contribution in [0.5, 0.6) is 0 Å². The van der Waals surface area contributed by atoms with Crippen LogP contribution in [0.1, 0.15) is 27.2 Å². The van der Waals surface area contributed by atoms with E-state index >= 15 is 0 Å².